The van der Waals surface area contributed by atoms with Crippen molar-refractivity contribution in [1.82, 2.24) is 4.98 Å². The summed E-state index contributed by atoms with van der Waals surface area (Å²) in [5.41, 5.74) is 0.857. The number of anilines is 1. The van der Waals surface area contributed by atoms with E-state index >= 15 is 0 Å². The number of pyridine rings is 1. The van der Waals surface area contributed by atoms with Crippen LogP contribution in [0.2, 0.25) is 0 Å². The Hall–Kier alpha value is -1.50. The second-order valence-electron chi connectivity index (χ2n) is 4.16. The lowest BCUT2D eigenvalue weighted by molar-refractivity contribution is -0.124. The molecule has 2 atom stereocenters. The monoisotopic (exact) mass is 252 g/mol. The molecular weight excluding hydrogens is 236 g/mol. The van der Waals surface area contributed by atoms with Gasteiger partial charge >= 0.3 is 0 Å². The van der Waals surface area contributed by atoms with E-state index in [1.165, 1.54) is 12.3 Å². The highest BCUT2D eigenvalue weighted by atomic mass is 16.5. The van der Waals surface area contributed by atoms with Crippen LogP contribution in [0.1, 0.15) is 24.6 Å². The summed E-state index contributed by atoms with van der Waals surface area (Å²) in [6.07, 6.45) is 1.65. The Bertz CT molecular complexity index is 418. The molecule has 2 unspecified atom stereocenters. The second-order valence-corrected chi connectivity index (χ2v) is 4.16. The minimum Gasteiger partial charge on any atom is -0.393 e. The van der Waals surface area contributed by atoms with Crippen molar-refractivity contribution in [2.24, 2.45) is 0 Å². The number of carbonyl (C=O) groups is 1. The van der Waals surface area contributed by atoms with E-state index in [-0.39, 0.29) is 5.91 Å². The lowest BCUT2D eigenvalue weighted by Gasteiger charge is -2.12. The highest BCUT2D eigenvalue weighted by Gasteiger charge is 2.23. The van der Waals surface area contributed by atoms with Gasteiger partial charge in [-0.1, -0.05) is 0 Å². The maximum absolute atomic E-state index is 11.8. The van der Waals surface area contributed by atoms with E-state index in [1.54, 1.807) is 6.07 Å². The predicted octanol–water partition coefficient (Wildman–Crippen LogP) is 0.225. The number of amides is 1. The Morgan fingerprint density at radius 1 is 1.67 bits per heavy atom. The summed E-state index contributed by atoms with van der Waals surface area (Å²) in [4.78, 5) is 15.7. The molecule has 0 aliphatic carbocycles. The fourth-order valence-corrected chi connectivity index (χ4v) is 1.81. The molecule has 0 bridgehead atoms. The quantitative estimate of drug-likeness (QED) is 0.713. The van der Waals surface area contributed by atoms with Gasteiger partial charge in [0, 0.05) is 18.5 Å². The molecule has 6 nitrogen and oxygen atoms in total. The van der Waals surface area contributed by atoms with E-state index in [0.717, 1.165) is 12.8 Å². The average molecular weight is 252 g/mol. The molecule has 1 aromatic heterocycles. The average Bonchev–Trinajstić information content (AvgIpc) is 2.92. The Balaban J connectivity index is 2.02. The van der Waals surface area contributed by atoms with E-state index in [9.17, 15) is 9.90 Å². The summed E-state index contributed by atoms with van der Waals surface area (Å²) in [5, 5.41) is 21.0. The van der Waals surface area contributed by atoms with Crippen molar-refractivity contribution in [3.05, 3.63) is 24.0 Å². The molecule has 0 radical (unpaired) electrons. The molecule has 3 N–H and O–H groups in total. The normalized spacial score (nSPS) is 20.7. The third-order valence-electron chi connectivity index (χ3n) is 2.79. The van der Waals surface area contributed by atoms with Crippen LogP contribution in [0.3, 0.4) is 0 Å². The molecule has 2 rings (SSSR count). The first-order valence-electron chi connectivity index (χ1n) is 5.88. The summed E-state index contributed by atoms with van der Waals surface area (Å²) in [6, 6.07) is 3.16. The fraction of sp³-hybridized carbons (Fsp3) is 0.500. The van der Waals surface area contributed by atoms with Gasteiger partial charge in [-0.05, 0) is 25.0 Å². The van der Waals surface area contributed by atoms with Crippen molar-refractivity contribution in [2.75, 3.05) is 18.5 Å². The summed E-state index contributed by atoms with van der Waals surface area (Å²) in [6.45, 7) is 0.207. The van der Waals surface area contributed by atoms with Crippen LogP contribution in [0.15, 0.2) is 18.3 Å². The topological polar surface area (TPSA) is 91.7 Å². The number of ether oxygens (including phenoxy) is 1. The van der Waals surface area contributed by atoms with Gasteiger partial charge in [-0.2, -0.15) is 0 Å². The molecule has 0 saturated carbocycles. The lowest BCUT2D eigenvalue weighted by Crippen LogP contribution is -2.27. The Labute approximate surface area is 105 Å². The molecule has 1 amide bonds. The number of nitrogens with one attached hydrogen (secondary N) is 1. The number of aromatic nitrogens is 1. The first-order valence-corrected chi connectivity index (χ1v) is 5.88. The first-order chi connectivity index (χ1) is 8.70. The number of hydrogen-bond donors (Lipinski definition) is 3. The maximum atomic E-state index is 11.8. The van der Waals surface area contributed by atoms with E-state index in [1.807, 2.05) is 0 Å². The predicted molar refractivity (Wildman–Crippen MR) is 63.9 cm³/mol. The minimum absolute atomic E-state index is 0.192. The molecule has 18 heavy (non-hydrogen) atoms. The van der Waals surface area contributed by atoms with E-state index in [4.69, 9.17) is 9.84 Å². The number of aliphatic hydroxyl groups excluding tert-OH is 2. The van der Waals surface area contributed by atoms with Crippen molar-refractivity contribution in [1.29, 1.82) is 0 Å². The van der Waals surface area contributed by atoms with Crippen molar-refractivity contribution in [3.63, 3.8) is 0 Å². The summed E-state index contributed by atoms with van der Waals surface area (Å²) in [5.74, 6) is -0.192. The zero-order valence-electron chi connectivity index (χ0n) is 9.87. The third kappa shape index (κ3) is 3.04. The van der Waals surface area contributed by atoms with Crippen LogP contribution in [-0.2, 0) is 9.53 Å². The van der Waals surface area contributed by atoms with Gasteiger partial charge in [0.1, 0.15) is 12.2 Å². The van der Waals surface area contributed by atoms with E-state index in [0.29, 0.717) is 18.0 Å². The van der Waals surface area contributed by atoms with Gasteiger partial charge in [0.2, 0.25) is 0 Å². The molecule has 98 valence electrons. The fourth-order valence-electron chi connectivity index (χ4n) is 1.81. The maximum Gasteiger partial charge on any atom is 0.253 e. The second kappa shape index (κ2) is 5.90. The molecule has 0 aromatic carbocycles. The van der Waals surface area contributed by atoms with Crippen molar-refractivity contribution in [3.8, 4) is 0 Å². The van der Waals surface area contributed by atoms with Gasteiger partial charge in [-0.3, -0.25) is 9.78 Å². The van der Waals surface area contributed by atoms with Crippen molar-refractivity contribution >= 4 is 11.6 Å². The summed E-state index contributed by atoms with van der Waals surface area (Å²) >= 11 is 0. The Morgan fingerprint density at radius 2 is 2.50 bits per heavy atom. The molecular formula is C12H16N2O4. The SMILES string of the molecule is O=C(Nc1ccnc(C(O)CO)c1)C1CCCO1. The zero-order valence-corrected chi connectivity index (χ0v) is 9.87. The van der Waals surface area contributed by atoms with Crippen LogP contribution >= 0.6 is 0 Å². The molecule has 6 heteroatoms. The molecule has 1 saturated heterocycles. The number of nitrogens with zero attached hydrogens (tertiary/aromatic N) is 1. The van der Waals surface area contributed by atoms with Gasteiger partial charge in [0.25, 0.3) is 5.91 Å². The van der Waals surface area contributed by atoms with Crippen LogP contribution in [-0.4, -0.2) is 40.4 Å². The Kier molecular flexibility index (Phi) is 4.24. The number of hydrogen-bond acceptors (Lipinski definition) is 5. The lowest BCUT2D eigenvalue weighted by atomic mass is 10.2. The zero-order chi connectivity index (χ0) is 13.0. The molecule has 2 heterocycles. The Morgan fingerprint density at radius 3 is 3.17 bits per heavy atom. The van der Waals surface area contributed by atoms with Crippen LogP contribution in [0.4, 0.5) is 5.69 Å². The highest BCUT2D eigenvalue weighted by Crippen LogP contribution is 2.17. The number of aliphatic hydroxyl groups is 2. The molecule has 1 aliphatic heterocycles. The first kappa shape index (κ1) is 12.9. The summed E-state index contributed by atoms with van der Waals surface area (Å²) < 4.78 is 5.27. The van der Waals surface area contributed by atoms with Gasteiger partial charge < -0.3 is 20.3 Å². The molecule has 1 aromatic rings. The van der Waals surface area contributed by atoms with Crippen LogP contribution in [0.5, 0.6) is 0 Å². The standard InChI is InChI=1S/C12H16N2O4/c15-7-10(16)9-6-8(3-4-13-9)14-12(17)11-2-1-5-18-11/h3-4,6,10-11,15-16H,1-2,5,7H2,(H,13,14,17). The number of rotatable bonds is 4. The van der Waals surface area contributed by atoms with Gasteiger partial charge in [0.15, 0.2) is 0 Å². The van der Waals surface area contributed by atoms with Crippen molar-refractivity contribution in [2.45, 2.75) is 25.0 Å². The van der Waals surface area contributed by atoms with Crippen LogP contribution in [0.25, 0.3) is 0 Å². The van der Waals surface area contributed by atoms with Crippen molar-refractivity contribution < 1.29 is 19.7 Å². The molecule has 1 aliphatic rings. The molecule has 1 fully saturated rings. The van der Waals surface area contributed by atoms with Gasteiger partial charge in [-0.25, -0.2) is 0 Å². The van der Waals surface area contributed by atoms with Crippen LogP contribution < -0.4 is 5.32 Å². The smallest absolute Gasteiger partial charge is 0.253 e. The van der Waals surface area contributed by atoms with E-state index < -0.39 is 18.8 Å². The third-order valence-corrected chi connectivity index (χ3v) is 2.79. The van der Waals surface area contributed by atoms with Gasteiger partial charge in [-0.15, -0.1) is 0 Å². The van der Waals surface area contributed by atoms with Gasteiger partial charge in [0.05, 0.1) is 12.3 Å². The summed E-state index contributed by atoms with van der Waals surface area (Å²) in [7, 11) is 0. The minimum atomic E-state index is -1.04. The van der Waals surface area contributed by atoms with Crippen LogP contribution in [0, 0.1) is 0 Å². The molecule has 0 spiro atoms. The number of carbonyl (C=O) groups excluding carboxylic acids is 1. The largest absolute Gasteiger partial charge is 0.393 e. The highest BCUT2D eigenvalue weighted by molar-refractivity contribution is 5.94. The van der Waals surface area contributed by atoms with E-state index in [2.05, 4.69) is 10.3 Å².